The van der Waals surface area contributed by atoms with Gasteiger partial charge in [0, 0.05) is 26.5 Å². The first-order valence-corrected chi connectivity index (χ1v) is 4.87. The topological polar surface area (TPSA) is 71.8 Å². The SMILES string of the molecule is CN(C)Nc1nc(Cl)nc(-n2ccnc2)n1. The summed E-state index contributed by atoms with van der Waals surface area (Å²) in [6.45, 7) is 0. The highest BCUT2D eigenvalue weighted by Crippen LogP contribution is 2.09. The van der Waals surface area contributed by atoms with E-state index in [1.807, 2.05) is 14.1 Å². The molecule has 0 aromatic carbocycles. The van der Waals surface area contributed by atoms with E-state index in [1.54, 1.807) is 28.3 Å². The van der Waals surface area contributed by atoms with Crippen molar-refractivity contribution in [2.24, 2.45) is 0 Å². The van der Waals surface area contributed by atoms with Crippen LogP contribution in [-0.4, -0.2) is 43.6 Å². The smallest absolute Gasteiger partial charge is 0.243 e. The lowest BCUT2D eigenvalue weighted by atomic mass is 10.8. The largest absolute Gasteiger partial charge is 0.287 e. The third-order valence-electron chi connectivity index (χ3n) is 1.66. The highest BCUT2D eigenvalue weighted by molar-refractivity contribution is 6.28. The fourth-order valence-corrected chi connectivity index (χ4v) is 1.24. The second-order valence-electron chi connectivity index (χ2n) is 3.20. The summed E-state index contributed by atoms with van der Waals surface area (Å²) < 4.78 is 1.65. The number of hydrazine groups is 1. The van der Waals surface area contributed by atoms with Gasteiger partial charge in [-0.05, 0) is 11.6 Å². The van der Waals surface area contributed by atoms with Crippen molar-refractivity contribution in [3.05, 3.63) is 24.0 Å². The molecule has 0 aliphatic rings. The maximum absolute atomic E-state index is 5.80. The van der Waals surface area contributed by atoms with Crippen LogP contribution in [0.25, 0.3) is 5.95 Å². The normalized spacial score (nSPS) is 10.8. The minimum Gasteiger partial charge on any atom is -0.287 e. The molecule has 7 nitrogen and oxygen atoms in total. The summed E-state index contributed by atoms with van der Waals surface area (Å²) >= 11 is 5.80. The molecule has 0 bridgehead atoms. The number of aromatic nitrogens is 5. The molecule has 0 aliphatic heterocycles. The number of halogens is 1. The van der Waals surface area contributed by atoms with E-state index in [2.05, 4.69) is 25.4 Å². The molecular formula is C8H10ClN7. The number of rotatable bonds is 3. The van der Waals surface area contributed by atoms with Crippen LogP contribution in [-0.2, 0) is 0 Å². The summed E-state index contributed by atoms with van der Waals surface area (Å²) in [7, 11) is 3.66. The summed E-state index contributed by atoms with van der Waals surface area (Å²) in [6, 6.07) is 0. The third kappa shape index (κ3) is 2.44. The van der Waals surface area contributed by atoms with Crippen LogP contribution in [0, 0.1) is 0 Å². The second kappa shape index (κ2) is 4.42. The molecule has 2 heterocycles. The maximum Gasteiger partial charge on any atom is 0.243 e. The first-order chi connectivity index (χ1) is 7.65. The Labute approximate surface area is 97.1 Å². The molecule has 2 aromatic heterocycles. The van der Waals surface area contributed by atoms with Crippen molar-refractivity contribution in [3.8, 4) is 5.95 Å². The predicted molar refractivity (Wildman–Crippen MR) is 59.3 cm³/mol. The fraction of sp³-hybridized carbons (Fsp3) is 0.250. The molecule has 0 radical (unpaired) electrons. The summed E-state index contributed by atoms with van der Waals surface area (Å²) in [6.07, 6.45) is 4.95. The standard InChI is InChI=1S/C8H10ClN7/c1-15(2)14-7-11-6(9)12-8(13-7)16-4-3-10-5-16/h3-5H,1-2H3,(H,11,12,13,14). The van der Waals surface area contributed by atoms with Gasteiger partial charge in [0.2, 0.25) is 17.2 Å². The highest BCUT2D eigenvalue weighted by atomic mass is 35.5. The molecule has 0 saturated heterocycles. The quantitative estimate of drug-likeness (QED) is 0.791. The molecule has 0 atom stereocenters. The summed E-state index contributed by atoms with van der Waals surface area (Å²) in [5.41, 5.74) is 2.90. The number of hydrogen-bond acceptors (Lipinski definition) is 6. The Morgan fingerprint density at radius 3 is 2.75 bits per heavy atom. The zero-order valence-corrected chi connectivity index (χ0v) is 9.55. The average molecular weight is 240 g/mol. The number of hydrogen-bond donors (Lipinski definition) is 1. The van der Waals surface area contributed by atoms with E-state index in [9.17, 15) is 0 Å². The molecule has 0 amide bonds. The van der Waals surface area contributed by atoms with Gasteiger partial charge in [-0.1, -0.05) is 0 Å². The molecule has 8 heteroatoms. The summed E-state index contributed by atoms with van der Waals surface area (Å²) in [5.74, 6) is 0.801. The second-order valence-corrected chi connectivity index (χ2v) is 3.54. The van der Waals surface area contributed by atoms with Crippen molar-refractivity contribution in [3.63, 3.8) is 0 Å². The van der Waals surface area contributed by atoms with Crippen LogP contribution in [0.15, 0.2) is 18.7 Å². The predicted octanol–water partition coefficient (Wildman–Crippen LogP) is 0.599. The van der Waals surface area contributed by atoms with Crippen LogP contribution in [0.3, 0.4) is 0 Å². The Hall–Kier alpha value is -1.73. The van der Waals surface area contributed by atoms with Gasteiger partial charge in [0.15, 0.2) is 0 Å². The van der Waals surface area contributed by atoms with Crippen molar-refractivity contribution >= 4 is 17.5 Å². The van der Waals surface area contributed by atoms with Crippen LogP contribution in [0.2, 0.25) is 5.28 Å². The molecule has 0 saturated carbocycles. The van der Waals surface area contributed by atoms with Gasteiger partial charge >= 0.3 is 0 Å². The van der Waals surface area contributed by atoms with Gasteiger partial charge in [0.25, 0.3) is 0 Å². The first-order valence-electron chi connectivity index (χ1n) is 4.49. The van der Waals surface area contributed by atoms with Gasteiger partial charge in [-0.15, -0.1) is 0 Å². The van der Waals surface area contributed by atoms with Crippen LogP contribution in [0.4, 0.5) is 5.95 Å². The van der Waals surface area contributed by atoms with Crippen molar-refractivity contribution in [1.82, 2.24) is 29.5 Å². The maximum atomic E-state index is 5.80. The van der Waals surface area contributed by atoms with Crippen molar-refractivity contribution in [1.29, 1.82) is 0 Å². The lowest BCUT2D eigenvalue weighted by molar-refractivity contribution is 0.488. The van der Waals surface area contributed by atoms with Gasteiger partial charge in [-0.2, -0.15) is 15.0 Å². The van der Waals surface area contributed by atoms with E-state index < -0.39 is 0 Å². The molecule has 0 aliphatic carbocycles. The Balaban J connectivity index is 2.36. The molecule has 2 aromatic rings. The van der Waals surface area contributed by atoms with Crippen LogP contribution in [0.5, 0.6) is 0 Å². The van der Waals surface area contributed by atoms with Gasteiger partial charge in [-0.25, -0.2) is 9.99 Å². The zero-order chi connectivity index (χ0) is 11.5. The molecular weight excluding hydrogens is 230 g/mol. The van der Waals surface area contributed by atoms with Crippen LogP contribution >= 0.6 is 11.6 Å². The van der Waals surface area contributed by atoms with E-state index in [0.717, 1.165) is 0 Å². The number of nitrogens with zero attached hydrogens (tertiary/aromatic N) is 6. The first kappa shape index (κ1) is 10.8. The number of nitrogens with one attached hydrogen (secondary N) is 1. The lowest BCUT2D eigenvalue weighted by Gasteiger charge is -2.12. The lowest BCUT2D eigenvalue weighted by Crippen LogP contribution is -2.22. The Morgan fingerprint density at radius 2 is 2.12 bits per heavy atom. The Kier molecular flexibility index (Phi) is 2.97. The minimum absolute atomic E-state index is 0.128. The monoisotopic (exact) mass is 239 g/mol. The molecule has 0 fully saturated rings. The van der Waals surface area contributed by atoms with Gasteiger partial charge in [0.05, 0.1) is 0 Å². The van der Waals surface area contributed by atoms with E-state index in [1.165, 1.54) is 0 Å². The average Bonchev–Trinajstić information content (AvgIpc) is 2.67. The fourth-order valence-electron chi connectivity index (χ4n) is 1.08. The van der Waals surface area contributed by atoms with Gasteiger partial charge < -0.3 is 0 Å². The number of anilines is 1. The number of imidazole rings is 1. The van der Waals surface area contributed by atoms with E-state index in [-0.39, 0.29) is 5.28 Å². The van der Waals surface area contributed by atoms with Crippen molar-refractivity contribution in [2.75, 3.05) is 19.5 Å². The van der Waals surface area contributed by atoms with Crippen molar-refractivity contribution < 1.29 is 0 Å². The molecule has 16 heavy (non-hydrogen) atoms. The van der Waals surface area contributed by atoms with E-state index >= 15 is 0 Å². The molecule has 84 valence electrons. The molecule has 2 rings (SSSR count). The van der Waals surface area contributed by atoms with Crippen molar-refractivity contribution in [2.45, 2.75) is 0 Å². The van der Waals surface area contributed by atoms with Crippen LogP contribution < -0.4 is 5.43 Å². The summed E-state index contributed by atoms with van der Waals surface area (Å²) in [4.78, 5) is 16.0. The molecule has 1 N–H and O–H groups in total. The zero-order valence-electron chi connectivity index (χ0n) is 8.79. The van der Waals surface area contributed by atoms with Gasteiger partial charge in [0.1, 0.15) is 6.33 Å². The van der Waals surface area contributed by atoms with Crippen LogP contribution in [0.1, 0.15) is 0 Å². The molecule has 0 spiro atoms. The minimum atomic E-state index is 0.128. The Bertz CT molecular complexity index is 467. The molecule has 0 unspecified atom stereocenters. The van der Waals surface area contributed by atoms with E-state index in [0.29, 0.717) is 11.9 Å². The highest BCUT2D eigenvalue weighted by Gasteiger charge is 2.06. The van der Waals surface area contributed by atoms with E-state index in [4.69, 9.17) is 11.6 Å². The summed E-state index contributed by atoms with van der Waals surface area (Å²) in [5, 5.41) is 1.84. The van der Waals surface area contributed by atoms with Gasteiger partial charge in [-0.3, -0.25) is 9.99 Å². The Morgan fingerprint density at radius 1 is 1.31 bits per heavy atom. The third-order valence-corrected chi connectivity index (χ3v) is 1.82.